The maximum atomic E-state index is 13.2. The van der Waals surface area contributed by atoms with E-state index in [1.165, 1.54) is 12.1 Å². The lowest BCUT2D eigenvalue weighted by Gasteiger charge is -2.21. The maximum absolute atomic E-state index is 13.2. The van der Waals surface area contributed by atoms with Gasteiger partial charge in [-0.05, 0) is 35.9 Å². The van der Waals surface area contributed by atoms with Crippen molar-refractivity contribution in [2.75, 3.05) is 17.7 Å². The lowest BCUT2D eigenvalue weighted by Crippen LogP contribution is -2.18. The number of benzene rings is 2. The monoisotopic (exact) mass is 255 g/mol. The summed E-state index contributed by atoms with van der Waals surface area (Å²) < 4.78 is 13.2. The van der Waals surface area contributed by atoms with Gasteiger partial charge in [-0.2, -0.15) is 5.26 Å². The third-order valence-corrected chi connectivity index (χ3v) is 2.88. The fourth-order valence-corrected chi connectivity index (χ4v) is 1.95. The first-order valence-corrected chi connectivity index (χ1v) is 5.85. The van der Waals surface area contributed by atoms with Crippen LogP contribution in [0.2, 0.25) is 0 Å². The molecule has 2 aromatic rings. The Morgan fingerprint density at radius 2 is 2.05 bits per heavy atom. The first kappa shape index (κ1) is 12.9. The first-order chi connectivity index (χ1) is 9.10. The van der Waals surface area contributed by atoms with Crippen LogP contribution in [-0.4, -0.2) is 7.05 Å². The van der Waals surface area contributed by atoms with Crippen molar-refractivity contribution in [2.45, 2.75) is 6.54 Å². The number of anilines is 2. The number of hydrogen-bond donors (Lipinski definition) is 1. The summed E-state index contributed by atoms with van der Waals surface area (Å²) in [7, 11) is 1.84. The maximum Gasteiger partial charge on any atom is 0.125 e. The van der Waals surface area contributed by atoms with Crippen molar-refractivity contribution < 1.29 is 4.39 Å². The van der Waals surface area contributed by atoms with Crippen molar-refractivity contribution in [3.05, 3.63) is 59.4 Å². The van der Waals surface area contributed by atoms with Crippen LogP contribution in [0.25, 0.3) is 0 Å². The Hall–Kier alpha value is -2.54. The molecular formula is C15H14FN3. The molecule has 0 radical (unpaired) electrons. The Morgan fingerprint density at radius 3 is 2.79 bits per heavy atom. The molecule has 4 heteroatoms. The fraction of sp³-hybridized carbons (Fsp3) is 0.133. The average molecular weight is 255 g/mol. The quantitative estimate of drug-likeness (QED) is 0.858. The summed E-state index contributed by atoms with van der Waals surface area (Å²) in [5.41, 5.74) is 8.59. The average Bonchev–Trinajstić information content (AvgIpc) is 2.41. The van der Waals surface area contributed by atoms with Gasteiger partial charge in [0, 0.05) is 13.6 Å². The van der Waals surface area contributed by atoms with E-state index in [0.717, 1.165) is 5.56 Å². The van der Waals surface area contributed by atoms with Crippen LogP contribution in [0.3, 0.4) is 0 Å². The van der Waals surface area contributed by atoms with Crippen LogP contribution in [0.4, 0.5) is 15.8 Å². The molecule has 0 aliphatic carbocycles. The molecule has 0 amide bonds. The third kappa shape index (κ3) is 3.02. The number of hydrogen-bond acceptors (Lipinski definition) is 3. The standard InChI is InChI=1S/C15H14FN3/c1-19(15-8-13(16)5-6-14(15)18)10-12-4-2-3-11(7-12)9-17/h2-8H,10,18H2,1H3. The van der Waals surface area contributed by atoms with E-state index >= 15 is 0 Å². The summed E-state index contributed by atoms with van der Waals surface area (Å²) in [5, 5.41) is 8.86. The molecule has 2 aromatic carbocycles. The second-order valence-electron chi connectivity index (χ2n) is 4.37. The molecule has 19 heavy (non-hydrogen) atoms. The summed E-state index contributed by atoms with van der Waals surface area (Å²) in [6, 6.07) is 13.7. The Kier molecular flexibility index (Phi) is 3.67. The van der Waals surface area contributed by atoms with Crippen LogP contribution >= 0.6 is 0 Å². The van der Waals surface area contributed by atoms with Gasteiger partial charge >= 0.3 is 0 Å². The van der Waals surface area contributed by atoms with Gasteiger partial charge in [0.05, 0.1) is 23.0 Å². The molecule has 0 unspecified atom stereocenters. The predicted molar refractivity (Wildman–Crippen MR) is 74.1 cm³/mol. The molecule has 0 atom stereocenters. The molecule has 3 nitrogen and oxygen atoms in total. The van der Waals surface area contributed by atoms with Crippen molar-refractivity contribution in [3.63, 3.8) is 0 Å². The van der Waals surface area contributed by atoms with Crippen LogP contribution in [0.15, 0.2) is 42.5 Å². The van der Waals surface area contributed by atoms with E-state index in [1.54, 1.807) is 12.1 Å². The minimum Gasteiger partial charge on any atom is -0.397 e. The van der Waals surface area contributed by atoms with Gasteiger partial charge in [-0.3, -0.25) is 0 Å². The van der Waals surface area contributed by atoms with Gasteiger partial charge in [0.15, 0.2) is 0 Å². The van der Waals surface area contributed by atoms with Gasteiger partial charge in [-0.25, -0.2) is 4.39 Å². The molecule has 0 spiro atoms. The Balaban J connectivity index is 2.23. The van der Waals surface area contributed by atoms with E-state index in [0.29, 0.717) is 23.5 Å². The highest BCUT2D eigenvalue weighted by Gasteiger charge is 2.07. The second kappa shape index (κ2) is 5.40. The topological polar surface area (TPSA) is 53.0 Å². The van der Waals surface area contributed by atoms with Gasteiger partial charge in [0.25, 0.3) is 0 Å². The van der Waals surface area contributed by atoms with Gasteiger partial charge in [-0.1, -0.05) is 12.1 Å². The lowest BCUT2D eigenvalue weighted by atomic mass is 10.1. The van der Waals surface area contributed by atoms with E-state index in [-0.39, 0.29) is 5.82 Å². The Labute approximate surface area is 111 Å². The number of halogens is 1. The zero-order valence-electron chi connectivity index (χ0n) is 10.6. The summed E-state index contributed by atoms with van der Waals surface area (Å²) >= 11 is 0. The molecular weight excluding hydrogens is 241 g/mol. The number of nitrogens with two attached hydrogens (primary N) is 1. The minimum absolute atomic E-state index is 0.318. The molecule has 0 aliphatic rings. The molecule has 0 aliphatic heterocycles. The Bertz CT molecular complexity index is 632. The highest BCUT2D eigenvalue weighted by atomic mass is 19.1. The second-order valence-corrected chi connectivity index (χ2v) is 4.37. The summed E-state index contributed by atoms with van der Waals surface area (Å²) in [6.07, 6.45) is 0. The van der Waals surface area contributed by atoms with Crippen molar-refractivity contribution in [3.8, 4) is 6.07 Å². The van der Waals surface area contributed by atoms with E-state index in [4.69, 9.17) is 11.0 Å². The van der Waals surface area contributed by atoms with Crippen molar-refractivity contribution in [2.24, 2.45) is 0 Å². The zero-order valence-corrected chi connectivity index (χ0v) is 10.6. The molecule has 0 aromatic heterocycles. The predicted octanol–water partition coefficient (Wildman–Crippen LogP) is 2.92. The van der Waals surface area contributed by atoms with Gasteiger partial charge in [0.2, 0.25) is 0 Å². The third-order valence-electron chi connectivity index (χ3n) is 2.88. The molecule has 0 heterocycles. The lowest BCUT2D eigenvalue weighted by molar-refractivity contribution is 0.627. The highest BCUT2D eigenvalue weighted by Crippen LogP contribution is 2.24. The van der Waals surface area contributed by atoms with Crippen molar-refractivity contribution in [1.29, 1.82) is 5.26 Å². The summed E-state index contributed by atoms with van der Waals surface area (Å²) in [4.78, 5) is 1.86. The van der Waals surface area contributed by atoms with Gasteiger partial charge < -0.3 is 10.6 Å². The van der Waals surface area contributed by atoms with E-state index in [1.807, 2.05) is 30.1 Å². The van der Waals surface area contributed by atoms with Crippen LogP contribution < -0.4 is 10.6 Å². The first-order valence-electron chi connectivity index (χ1n) is 5.85. The van der Waals surface area contributed by atoms with E-state index < -0.39 is 0 Å². The normalized spacial score (nSPS) is 9.95. The molecule has 0 bridgehead atoms. The molecule has 2 rings (SSSR count). The number of nitriles is 1. The SMILES string of the molecule is CN(Cc1cccc(C#N)c1)c1cc(F)ccc1N. The largest absolute Gasteiger partial charge is 0.397 e. The zero-order chi connectivity index (χ0) is 13.8. The summed E-state index contributed by atoms with van der Waals surface area (Å²) in [6.45, 7) is 0.559. The molecule has 96 valence electrons. The van der Waals surface area contributed by atoms with Crippen LogP contribution in [0, 0.1) is 17.1 Å². The van der Waals surface area contributed by atoms with Crippen molar-refractivity contribution >= 4 is 11.4 Å². The fourth-order valence-electron chi connectivity index (χ4n) is 1.95. The summed E-state index contributed by atoms with van der Waals surface area (Å²) in [5.74, 6) is -0.318. The minimum atomic E-state index is -0.318. The van der Waals surface area contributed by atoms with Crippen LogP contribution in [-0.2, 0) is 6.54 Å². The van der Waals surface area contributed by atoms with E-state index in [2.05, 4.69) is 6.07 Å². The number of nitrogen functional groups attached to an aromatic ring is 1. The molecule has 0 saturated carbocycles. The van der Waals surface area contributed by atoms with E-state index in [9.17, 15) is 4.39 Å². The number of nitrogens with zero attached hydrogens (tertiary/aromatic N) is 2. The Morgan fingerprint density at radius 1 is 1.26 bits per heavy atom. The molecule has 0 saturated heterocycles. The van der Waals surface area contributed by atoms with Crippen LogP contribution in [0.5, 0.6) is 0 Å². The van der Waals surface area contributed by atoms with Crippen LogP contribution in [0.1, 0.15) is 11.1 Å². The highest BCUT2D eigenvalue weighted by molar-refractivity contribution is 5.67. The van der Waals surface area contributed by atoms with Gasteiger partial charge in [-0.15, -0.1) is 0 Å². The van der Waals surface area contributed by atoms with Crippen molar-refractivity contribution in [1.82, 2.24) is 0 Å². The molecule has 2 N–H and O–H groups in total. The van der Waals surface area contributed by atoms with Gasteiger partial charge in [0.1, 0.15) is 5.82 Å². The number of rotatable bonds is 3. The molecule has 0 fully saturated rings. The smallest absolute Gasteiger partial charge is 0.125 e.